The van der Waals surface area contributed by atoms with E-state index in [4.69, 9.17) is 4.74 Å². The molecule has 6 heteroatoms. The van der Waals surface area contributed by atoms with Gasteiger partial charge in [0.2, 0.25) is 5.91 Å². The molecule has 134 valence electrons. The van der Waals surface area contributed by atoms with Crippen molar-refractivity contribution in [3.63, 3.8) is 0 Å². The molecule has 2 aromatic carbocycles. The smallest absolute Gasteiger partial charge is 0.306 e. The van der Waals surface area contributed by atoms with Gasteiger partial charge in [0.1, 0.15) is 12.4 Å². The summed E-state index contributed by atoms with van der Waals surface area (Å²) in [4.78, 5) is 31.2. The van der Waals surface area contributed by atoms with Gasteiger partial charge in [-0.1, -0.05) is 42.5 Å². The number of imidazole rings is 1. The van der Waals surface area contributed by atoms with Crippen LogP contribution in [-0.4, -0.2) is 28.4 Å². The van der Waals surface area contributed by atoms with Gasteiger partial charge in [0.05, 0.1) is 17.5 Å². The van der Waals surface area contributed by atoms with E-state index in [1.807, 2.05) is 54.6 Å². The lowest BCUT2D eigenvalue weighted by atomic mass is 10.2. The third kappa shape index (κ3) is 5.17. The normalized spacial score (nSPS) is 10.6. The Morgan fingerprint density at radius 2 is 1.77 bits per heavy atom. The van der Waals surface area contributed by atoms with Crippen LogP contribution in [0.4, 0.5) is 0 Å². The third-order valence-corrected chi connectivity index (χ3v) is 3.92. The molecule has 0 saturated carbocycles. The molecule has 3 aromatic rings. The number of ether oxygens (including phenoxy) is 1. The van der Waals surface area contributed by atoms with Crippen molar-refractivity contribution in [1.29, 1.82) is 0 Å². The molecule has 0 atom stereocenters. The second-order valence-corrected chi connectivity index (χ2v) is 5.95. The van der Waals surface area contributed by atoms with Crippen molar-refractivity contribution >= 4 is 22.9 Å². The minimum Gasteiger partial charge on any atom is -0.461 e. The van der Waals surface area contributed by atoms with Crippen molar-refractivity contribution in [2.45, 2.75) is 25.9 Å². The molecule has 0 unspecified atom stereocenters. The zero-order valence-corrected chi connectivity index (χ0v) is 14.4. The maximum absolute atomic E-state index is 11.8. The molecule has 0 fully saturated rings. The van der Waals surface area contributed by atoms with Gasteiger partial charge in [-0.2, -0.15) is 0 Å². The molecule has 6 nitrogen and oxygen atoms in total. The highest BCUT2D eigenvalue weighted by Crippen LogP contribution is 2.10. The van der Waals surface area contributed by atoms with Crippen LogP contribution in [-0.2, 0) is 27.4 Å². The minimum absolute atomic E-state index is 0.0727. The largest absolute Gasteiger partial charge is 0.461 e. The molecule has 1 heterocycles. The monoisotopic (exact) mass is 351 g/mol. The predicted molar refractivity (Wildman–Crippen MR) is 98.3 cm³/mol. The highest BCUT2D eigenvalue weighted by Gasteiger charge is 2.09. The van der Waals surface area contributed by atoms with Gasteiger partial charge in [0, 0.05) is 19.4 Å². The van der Waals surface area contributed by atoms with Gasteiger partial charge in [-0.05, 0) is 17.7 Å². The molecule has 2 N–H and O–H groups in total. The number of H-pyrrole nitrogens is 1. The average molecular weight is 351 g/mol. The number of benzene rings is 2. The lowest BCUT2D eigenvalue weighted by Gasteiger charge is -2.06. The standard InChI is InChI=1S/C20H21N3O3/c24-19(10-11-20(25)26-14-15-6-2-1-3-7-15)21-13-12-18-22-16-8-4-5-9-17(16)23-18/h1-9H,10-14H2,(H,21,24)(H,22,23). The SMILES string of the molecule is O=C(CCC(=O)OCc1ccccc1)NCCc1nc2ccccc2[nH]1. The maximum Gasteiger partial charge on any atom is 0.306 e. The quantitative estimate of drug-likeness (QED) is 0.611. The number of esters is 1. The van der Waals surface area contributed by atoms with E-state index < -0.39 is 0 Å². The van der Waals surface area contributed by atoms with Crippen molar-refractivity contribution in [2.24, 2.45) is 0 Å². The molecule has 0 saturated heterocycles. The number of rotatable bonds is 8. The summed E-state index contributed by atoms with van der Waals surface area (Å²) in [6, 6.07) is 17.2. The zero-order valence-electron chi connectivity index (χ0n) is 14.4. The minimum atomic E-state index is -0.374. The van der Waals surface area contributed by atoms with Crippen LogP contribution in [0.2, 0.25) is 0 Å². The molecule has 0 bridgehead atoms. The number of hydrogen-bond donors (Lipinski definition) is 2. The van der Waals surface area contributed by atoms with Crippen LogP contribution in [0.3, 0.4) is 0 Å². The summed E-state index contributed by atoms with van der Waals surface area (Å²) in [5.74, 6) is 0.285. The van der Waals surface area contributed by atoms with Crippen molar-refractivity contribution in [3.05, 3.63) is 66.0 Å². The highest BCUT2D eigenvalue weighted by atomic mass is 16.5. The Labute approximate surface area is 151 Å². The Hall–Kier alpha value is -3.15. The first-order valence-electron chi connectivity index (χ1n) is 8.60. The number of carbonyl (C=O) groups excluding carboxylic acids is 2. The topological polar surface area (TPSA) is 84.1 Å². The summed E-state index contributed by atoms with van der Waals surface area (Å²) in [6.07, 6.45) is 0.802. The summed E-state index contributed by atoms with van der Waals surface area (Å²) < 4.78 is 5.15. The number of para-hydroxylation sites is 2. The lowest BCUT2D eigenvalue weighted by molar-refractivity contribution is -0.146. The second kappa shape index (κ2) is 8.80. The van der Waals surface area contributed by atoms with Crippen molar-refractivity contribution < 1.29 is 14.3 Å². The first kappa shape index (κ1) is 17.7. The highest BCUT2D eigenvalue weighted by molar-refractivity contribution is 5.81. The second-order valence-electron chi connectivity index (χ2n) is 5.95. The summed E-state index contributed by atoms with van der Waals surface area (Å²) in [5, 5.41) is 2.80. The van der Waals surface area contributed by atoms with Gasteiger partial charge in [0.25, 0.3) is 0 Å². The number of aromatic nitrogens is 2. The van der Waals surface area contributed by atoms with E-state index in [1.54, 1.807) is 0 Å². The fraction of sp³-hybridized carbons (Fsp3) is 0.250. The molecule has 0 spiro atoms. The van der Waals surface area contributed by atoms with Gasteiger partial charge in [-0.3, -0.25) is 9.59 Å². The Kier molecular flexibility index (Phi) is 5.98. The third-order valence-electron chi connectivity index (χ3n) is 3.92. The molecule has 0 radical (unpaired) electrons. The summed E-state index contributed by atoms with van der Waals surface area (Å²) in [5.41, 5.74) is 2.82. The summed E-state index contributed by atoms with van der Waals surface area (Å²) >= 11 is 0. The Morgan fingerprint density at radius 3 is 2.58 bits per heavy atom. The molecule has 3 rings (SSSR count). The van der Waals surface area contributed by atoms with Crippen LogP contribution in [0, 0.1) is 0 Å². The van der Waals surface area contributed by atoms with Crippen LogP contribution in [0.25, 0.3) is 11.0 Å². The molecule has 1 aromatic heterocycles. The number of aromatic amines is 1. The van der Waals surface area contributed by atoms with E-state index in [-0.39, 0.29) is 31.3 Å². The fourth-order valence-corrected chi connectivity index (χ4v) is 2.56. The van der Waals surface area contributed by atoms with Gasteiger partial charge in [0.15, 0.2) is 0 Å². The molecule has 0 aliphatic carbocycles. The van der Waals surface area contributed by atoms with E-state index >= 15 is 0 Å². The molecule has 0 aliphatic rings. The first-order valence-corrected chi connectivity index (χ1v) is 8.60. The van der Waals surface area contributed by atoms with Crippen LogP contribution in [0.5, 0.6) is 0 Å². The van der Waals surface area contributed by atoms with Gasteiger partial charge >= 0.3 is 5.97 Å². The number of nitrogens with zero attached hydrogens (tertiary/aromatic N) is 1. The maximum atomic E-state index is 11.8. The molecule has 1 amide bonds. The lowest BCUT2D eigenvalue weighted by Crippen LogP contribution is -2.26. The Bertz CT molecular complexity index is 841. The number of carbonyl (C=O) groups is 2. The molecular formula is C20H21N3O3. The molecule has 0 aliphatic heterocycles. The Balaban J connectivity index is 1.33. The number of nitrogens with one attached hydrogen (secondary N) is 2. The van der Waals surface area contributed by atoms with Gasteiger partial charge in [-0.15, -0.1) is 0 Å². The molecular weight excluding hydrogens is 330 g/mol. The predicted octanol–water partition coefficient (Wildman–Crippen LogP) is 2.75. The first-order chi connectivity index (χ1) is 12.7. The van der Waals surface area contributed by atoms with Gasteiger partial charge in [-0.25, -0.2) is 4.98 Å². The van der Waals surface area contributed by atoms with Crippen LogP contribution in [0.1, 0.15) is 24.2 Å². The van der Waals surface area contributed by atoms with E-state index in [2.05, 4.69) is 15.3 Å². The Morgan fingerprint density at radius 1 is 1.00 bits per heavy atom. The van der Waals surface area contributed by atoms with Crippen molar-refractivity contribution in [2.75, 3.05) is 6.54 Å². The number of hydrogen-bond acceptors (Lipinski definition) is 4. The average Bonchev–Trinajstić information content (AvgIpc) is 3.08. The van der Waals surface area contributed by atoms with Crippen LogP contribution >= 0.6 is 0 Å². The fourth-order valence-electron chi connectivity index (χ4n) is 2.56. The van der Waals surface area contributed by atoms with E-state index in [0.717, 1.165) is 22.4 Å². The van der Waals surface area contributed by atoms with E-state index in [0.29, 0.717) is 13.0 Å². The van der Waals surface area contributed by atoms with Gasteiger partial charge < -0.3 is 15.0 Å². The zero-order chi connectivity index (χ0) is 18.2. The van der Waals surface area contributed by atoms with Crippen LogP contribution in [0.15, 0.2) is 54.6 Å². The number of fused-ring (bicyclic) bond motifs is 1. The van der Waals surface area contributed by atoms with Crippen LogP contribution < -0.4 is 5.32 Å². The summed E-state index contributed by atoms with van der Waals surface area (Å²) in [7, 11) is 0. The van der Waals surface area contributed by atoms with Crippen molar-refractivity contribution in [1.82, 2.24) is 15.3 Å². The number of amides is 1. The summed E-state index contributed by atoms with van der Waals surface area (Å²) in [6.45, 7) is 0.699. The van der Waals surface area contributed by atoms with E-state index in [9.17, 15) is 9.59 Å². The molecule has 26 heavy (non-hydrogen) atoms. The van der Waals surface area contributed by atoms with Crippen molar-refractivity contribution in [3.8, 4) is 0 Å². The van der Waals surface area contributed by atoms with E-state index in [1.165, 1.54) is 0 Å².